The van der Waals surface area contributed by atoms with Gasteiger partial charge in [-0.05, 0) is 43.7 Å². The number of pyridine rings is 1. The fraction of sp³-hybridized carbons (Fsp3) is 0.143. The van der Waals surface area contributed by atoms with E-state index in [0.717, 1.165) is 22.5 Å². The maximum Gasteiger partial charge on any atom is 0.164 e. The van der Waals surface area contributed by atoms with Gasteiger partial charge in [-0.25, -0.2) is 9.97 Å². The molecule has 0 saturated heterocycles. The van der Waals surface area contributed by atoms with Gasteiger partial charge >= 0.3 is 0 Å². The molecule has 0 aliphatic rings. The van der Waals surface area contributed by atoms with Gasteiger partial charge in [-0.15, -0.1) is 0 Å². The summed E-state index contributed by atoms with van der Waals surface area (Å²) in [4.78, 5) is 8.91. The molecule has 17 heavy (non-hydrogen) atoms. The van der Waals surface area contributed by atoms with Crippen molar-refractivity contribution in [3.63, 3.8) is 0 Å². The summed E-state index contributed by atoms with van der Waals surface area (Å²) >= 11 is 0. The standard InChI is InChI=1S/C14H13N3/c1-10-4-3-5-12(8-10)17-9-15-13-7-6-11(2)16-14(13)17/h3-9H,1-2H3. The van der Waals surface area contributed by atoms with E-state index < -0.39 is 0 Å². The number of aryl methyl sites for hydroxylation is 2. The smallest absolute Gasteiger partial charge is 0.164 e. The Morgan fingerprint density at radius 1 is 1.06 bits per heavy atom. The lowest BCUT2D eigenvalue weighted by Crippen LogP contribution is -1.94. The maximum atomic E-state index is 4.54. The molecule has 0 bridgehead atoms. The number of aromatic nitrogens is 3. The fourth-order valence-electron chi connectivity index (χ4n) is 1.96. The van der Waals surface area contributed by atoms with Crippen molar-refractivity contribution in [3.05, 3.63) is 54.0 Å². The monoisotopic (exact) mass is 223 g/mol. The molecule has 0 N–H and O–H groups in total. The summed E-state index contributed by atoms with van der Waals surface area (Å²) in [6, 6.07) is 12.3. The zero-order chi connectivity index (χ0) is 11.8. The zero-order valence-electron chi connectivity index (χ0n) is 9.88. The van der Waals surface area contributed by atoms with Crippen molar-refractivity contribution in [2.24, 2.45) is 0 Å². The van der Waals surface area contributed by atoms with Crippen molar-refractivity contribution >= 4 is 11.2 Å². The van der Waals surface area contributed by atoms with Crippen LogP contribution >= 0.6 is 0 Å². The maximum absolute atomic E-state index is 4.54. The van der Waals surface area contributed by atoms with Crippen LogP contribution in [0.3, 0.4) is 0 Å². The van der Waals surface area contributed by atoms with Gasteiger partial charge in [0.15, 0.2) is 5.65 Å². The van der Waals surface area contributed by atoms with E-state index in [9.17, 15) is 0 Å². The van der Waals surface area contributed by atoms with Crippen LogP contribution in [-0.4, -0.2) is 14.5 Å². The molecule has 0 atom stereocenters. The third-order valence-corrected chi connectivity index (χ3v) is 2.81. The van der Waals surface area contributed by atoms with Gasteiger partial charge in [0.2, 0.25) is 0 Å². The predicted molar refractivity (Wildman–Crippen MR) is 68.3 cm³/mol. The van der Waals surface area contributed by atoms with Gasteiger partial charge < -0.3 is 0 Å². The molecule has 0 saturated carbocycles. The van der Waals surface area contributed by atoms with Crippen molar-refractivity contribution < 1.29 is 0 Å². The Kier molecular flexibility index (Phi) is 2.18. The molecule has 0 radical (unpaired) electrons. The van der Waals surface area contributed by atoms with Crippen LogP contribution in [-0.2, 0) is 0 Å². The van der Waals surface area contributed by atoms with Crippen LogP contribution < -0.4 is 0 Å². The van der Waals surface area contributed by atoms with E-state index in [1.165, 1.54) is 5.56 Å². The Balaban J connectivity index is 2.27. The molecule has 84 valence electrons. The number of benzene rings is 1. The first-order valence-corrected chi connectivity index (χ1v) is 5.62. The van der Waals surface area contributed by atoms with Gasteiger partial charge in [0.05, 0.1) is 0 Å². The minimum atomic E-state index is 0.913. The summed E-state index contributed by atoms with van der Waals surface area (Å²) in [5.41, 5.74) is 5.18. The molecule has 3 heteroatoms. The highest BCUT2D eigenvalue weighted by Crippen LogP contribution is 2.17. The number of nitrogens with zero attached hydrogens (tertiary/aromatic N) is 3. The second-order valence-electron chi connectivity index (χ2n) is 4.25. The molecule has 0 aliphatic carbocycles. The number of hydrogen-bond acceptors (Lipinski definition) is 2. The minimum Gasteiger partial charge on any atom is -0.283 e. The van der Waals surface area contributed by atoms with Crippen molar-refractivity contribution in [1.29, 1.82) is 0 Å². The van der Waals surface area contributed by atoms with Gasteiger partial charge in [0, 0.05) is 11.4 Å². The molecule has 0 spiro atoms. The van der Waals surface area contributed by atoms with E-state index in [2.05, 4.69) is 35.1 Å². The summed E-state index contributed by atoms with van der Waals surface area (Å²) in [6.45, 7) is 4.08. The largest absolute Gasteiger partial charge is 0.283 e. The minimum absolute atomic E-state index is 0.913. The highest BCUT2D eigenvalue weighted by molar-refractivity contribution is 5.73. The molecular weight excluding hydrogens is 210 g/mol. The third-order valence-electron chi connectivity index (χ3n) is 2.81. The number of rotatable bonds is 1. The van der Waals surface area contributed by atoms with Crippen molar-refractivity contribution in [3.8, 4) is 5.69 Å². The molecule has 3 nitrogen and oxygen atoms in total. The molecular formula is C14H13N3. The van der Waals surface area contributed by atoms with Crippen molar-refractivity contribution in [2.75, 3.05) is 0 Å². The first-order chi connectivity index (χ1) is 8.24. The number of fused-ring (bicyclic) bond motifs is 1. The molecule has 0 amide bonds. The Labute approximate surface area is 99.8 Å². The second kappa shape index (κ2) is 3.70. The number of hydrogen-bond donors (Lipinski definition) is 0. The predicted octanol–water partition coefficient (Wildman–Crippen LogP) is 3.04. The zero-order valence-corrected chi connectivity index (χ0v) is 9.88. The van der Waals surface area contributed by atoms with Crippen LogP contribution in [0.2, 0.25) is 0 Å². The lowest BCUT2D eigenvalue weighted by Gasteiger charge is -2.04. The summed E-state index contributed by atoms with van der Waals surface area (Å²) < 4.78 is 2.02. The molecule has 0 aliphatic heterocycles. The molecule has 1 aromatic carbocycles. The van der Waals surface area contributed by atoms with Crippen LogP contribution in [0.25, 0.3) is 16.9 Å². The lowest BCUT2D eigenvalue weighted by molar-refractivity contribution is 1.05. The summed E-state index contributed by atoms with van der Waals surface area (Å²) in [7, 11) is 0. The van der Waals surface area contributed by atoms with Gasteiger partial charge in [0.1, 0.15) is 11.8 Å². The molecule has 0 unspecified atom stereocenters. The van der Waals surface area contributed by atoms with Crippen LogP contribution in [0.4, 0.5) is 0 Å². The Bertz CT molecular complexity index is 683. The van der Waals surface area contributed by atoms with E-state index in [0.29, 0.717) is 0 Å². The van der Waals surface area contributed by atoms with Gasteiger partial charge in [0.25, 0.3) is 0 Å². The average Bonchev–Trinajstić information content (AvgIpc) is 2.71. The summed E-state index contributed by atoms with van der Waals surface area (Å²) in [5, 5.41) is 0. The van der Waals surface area contributed by atoms with Gasteiger partial charge in [-0.3, -0.25) is 4.57 Å². The van der Waals surface area contributed by atoms with Crippen LogP contribution in [0.1, 0.15) is 11.3 Å². The fourth-order valence-corrected chi connectivity index (χ4v) is 1.96. The van der Waals surface area contributed by atoms with E-state index >= 15 is 0 Å². The van der Waals surface area contributed by atoms with E-state index in [1.54, 1.807) is 0 Å². The highest BCUT2D eigenvalue weighted by Gasteiger charge is 2.05. The first kappa shape index (κ1) is 10.0. The van der Waals surface area contributed by atoms with Crippen LogP contribution in [0.15, 0.2) is 42.7 Å². The molecule has 0 fully saturated rings. The molecule has 3 aromatic rings. The van der Waals surface area contributed by atoms with Crippen molar-refractivity contribution in [1.82, 2.24) is 14.5 Å². The SMILES string of the molecule is Cc1cccc(-n2cnc3ccc(C)nc32)c1. The molecule has 2 aromatic heterocycles. The normalized spacial score (nSPS) is 10.9. The lowest BCUT2D eigenvalue weighted by atomic mass is 10.2. The van der Waals surface area contributed by atoms with Gasteiger partial charge in [-0.2, -0.15) is 0 Å². The third kappa shape index (κ3) is 1.69. The Hall–Kier alpha value is -2.16. The highest BCUT2D eigenvalue weighted by atomic mass is 15.1. The first-order valence-electron chi connectivity index (χ1n) is 5.62. The molecule has 2 heterocycles. The van der Waals surface area contributed by atoms with Crippen LogP contribution in [0.5, 0.6) is 0 Å². The van der Waals surface area contributed by atoms with E-state index in [-0.39, 0.29) is 0 Å². The topological polar surface area (TPSA) is 30.7 Å². The second-order valence-corrected chi connectivity index (χ2v) is 4.25. The Morgan fingerprint density at radius 2 is 1.94 bits per heavy atom. The average molecular weight is 223 g/mol. The molecule has 3 rings (SSSR count). The van der Waals surface area contributed by atoms with Crippen LogP contribution in [0, 0.1) is 13.8 Å². The quantitative estimate of drug-likeness (QED) is 0.634. The summed E-state index contributed by atoms with van der Waals surface area (Å²) in [5.74, 6) is 0. The van der Waals surface area contributed by atoms with E-state index in [4.69, 9.17) is 0 Å². The van der Waals surface area contributed by atoms with Gasteiger partial charge in [-0.1, -0.05) is 12.1 Å². The Morgan fingerprint density at radius 3 is 2.76 bits per heavy atom. The van der Waals surface area contributed by atoms with Crippen molar-refractivity contribution in [2.45, 2.75) is 13.8 Å². The summed E-state index contributed by atoms with van der Waals surface area (Å²) in [6.07, 6.45) is 1.83. The van der Waals surface area contributed by atoms with E-state index in [1.807, 2.05) is 36.0 Å². The number of imidazole rings is 1.